The topological polar surface area (TPSA) is 84.2 Å². The van der Waals surface area contributed by atoms with Gasteiger partial charge < -0.3 is 15.0 Å². The molecule has 184 valence electrons. The maximum atomic E-state index is 13.1. The van der Waals surface area contributed by atoms with Crippen LogP contribution in [-0.2, 0) is 0 Å². The number of rotatable bonds is 16. The summed E-state index contributed by atoms with van der Waals surface area (Å²) in [6.07, 6.45) is 12.7. The van der Waals surface area contributed by atoms with Crippen LogP contribution in [0.3, 0.4) is 0 Å². The van der Waals surface area contributed by atoms with Gasteiger partial charge in [-0.15, -0.1) is 0 Å². The Morgan fingerprint density at radius 1 is 0.970 bits per heavy atom. The first-order valence-corrected chi connectivity index (χ1v) is 12.9. The van der Waals surface area contributed by atoms with E-state index in [1.807, 2.05) is 25.1 Å². The largest absolute Gasteiger partial charge is 0.476 e. The van der Waals surface area contributed by atoms with E-state index in [1.165, 1.54) is 51.4 Å². The standard InChI is InChI=1S/C27H43N3O3/c1-5-8-10-15-21(16-11-9-6-2)28-22(14-7-3)19-20(4)30-24-18-13-12-17-23(24)29-25(26(30)31)27(32)33/h12-13,17-18,20-22,28H,5-11,14-16,19H2,1-4H3,(H,32,33). The molecule has 0 radical (unpaired) electrons. The fourth-order valence-electron chi connectivity index (χ4n) is 4.79. The fourth-order valence-corrected chi connectivity index (χ4v) is 4.79. The molecule has 2 unspecified atom stereocenters. The zero-order valence-corrected chi connectivity index (χ0v) is 21.0. The van der Waals surface area contributed by atoms with Gasteiger partial charge in [-0.2, -0.15) is 0 Å². The summed E-state index contributed by atoms with van der Waals surface area (Å²) in [6.45, 7) is 8.69. The number of carbonyl (C=O) groups is 1. The molecule has 0 aliphatic rings. The van der Waals surface area contributed by atoms with Crippen molar-refractivity contribution in [3.8, 4) is 0 Å². The summed E-state index contributed by atoms with van der Waals surface area (Å²) in [5.41, 5.74) is 0.306. The Kier molecular flexibility index (Phi) is 11.6. The molecular formula is C27H43N3O3. The average Bonchev–Trinajstić information content (AvgIpc) is 2.78. The van der Waals surface area contributed by atoms with Crippen LogP contribution in [0.1, 0.15) is 115 Å². The van der Waals surface area contributed by atoms with Crippen molar-refractivity contribution in [2.24, 2.45) is 0 Å². The number of carboxylic acid groups (broad SMARTS) is 1. The van der Waals surface area contributed by atoms with Crippen LogP contribution >= 0.6 is 0 Å². The third kappa shape index (κ3) is 7.95. The van der Waals surface area contributed by atoms with E-state index in [2.05, 4.69) is 31.1 Å². The Morgan fingerprint density at radius 2 is 1.61 bits per heavy atom. The summed E-state index contributed by atoms with van der Waals surface area (Å²) in [5.74, 6) is -1.28. The van der Waals surface area contributed by atoms with Crippen LogP contribution < -0.4 is 10.9 Å². The van der Waals surface area contributed by atoms with Crippen molar-refractivity contribution in [2.75, 3.05) is 0 Å². The number of hydrogen-bond acceptors (Lipinski definition) is 4. The number of aromatic nitrogens is 2. The third-order valence-corrected chi connectivity index (χ3v) is 6.48. The van der Waals surface area contributed by atoms with Gasteiger partial charge in [0.2, 0.25) is 5.69 Å². The number of carboxylic acids is 1. The highest BCUT2D eigenvalue weighted by Crippen LogP contribution is 2.22. The molecule has 1 aromatic carbocycles. The maximum Gasteiger partial charge on any atom is 0.360 e. The molecule has 0 spiro atoms. The number of unbranched alkanes of at least 4 members (excludes halogenated alkanes) is 4. The van der Waals surface area contributed by atoms with Crippen LogP contribution in [0.4, 0.5) is 0 Å². The maximum absolute atomic E-state index is 13.1. The molecule has 0 saturated carbocycles. The summed E-state index contributed by atoms with van der Waals surface area (Å²) < 4.78 is 1.64. The molecule has 2 atom stereocenters. The van der Waals surface area contributed by atoms with Crippen LogP contribution in [0.2, 0.25) is 0 Å². The number of aromatic carboxylic acids is 1. The Bertz CT molecular complexity index is 914. The van der Waals surface area contributed by atoms with Crippen molar-refractivity contribution >= 4 is 17.0 Å². The van der Waals surface area contributed by atoms with Gasteiger partial charge in [0.05, 0.1) is 11.0 Å². The molecule has 0 aliphatic carbocycles. The predicted molar refractivity (Wildman–Crippen MR) is 136 cm³/mol. The van der Waals surface area contributed by atoms with E-state index in [9.17, 15) is 14.7 Å². The smallest absolute Gasteiger partial charge is 0.360 e. The van der Waals surface area contributed by atoms with E-state index >= 15 is 0 Å². The second-order valence-corrected chi connectivity index (χ2v) is 9.35. The van der Waals surface area contributed by atoms with Gasteiger partial charge in [-0.3, -0.25) is 4.79 Å². The summed E-state index contributed by atoms with van der Waals surface area (Å²) in [6, 6.07) is 7.94. The number of fused-ring (bicyclic) bond motifs is 1. The van der Waals surface area contributed by atoms with Gasteiger partial charge >= 0.3 is 5.97 Å². The predicted octanol–water partition coefficient (Wildman–Crippen LogP) is 6.33. The quantitative estimate of drug-likeness (QED) is 0.288. The van der Waals surface area contributed by atoms with E-state index in [-0.39, 0.29) is 12.1 Å². The third-order valence-electron chi connectivity index (χ3n) is 6.48. The van der Waals surface area contributed by atoms with Gasteiger partial charge in [0.1, 0.15) is 0 Å². The minimum atomic E-state index is -1.28. The Hall–Kier alpha value is -2.21. The van der Waals surface area contributed by atoms with Crippen molar-refractivity contribution in [1.29, 1.82) is 0 Å². The first kappa shape index (κ1) is 27.0. The second kappa shape index (κ2) is 14.1. The zero-order chi connectivity index (χ0) is 24.2. The van der Waals surface area contributed by atoms with Crippen molar-refractivity contribution < 1.29 is 9.90 Å². The lowest BCUT2D eigenvalue weighted by molar-refractivity contribution is 0.0688. The molecule has 2 N–H and O–H groups in total. The normalized spacial score (nSPS) is 13.5. The lowest BCUT2D eigenvalue weighted by Gasteiger charge is -2.29. The second-order valence-electron chi connectivity index (χ2n) is 9.35. The Balaban J connectivity index is 2.27. The van der Waals surface area contributed by atoms with Gasteiger partial charge in [-0.25, -0.2) is 9.78 Å². The van der Waals surface area contributed by atoms with E-state index < -0.39 is 17.2 Å². The van der Waals surface area contributed by atoms with Crippen molar-refractivity contribution in [3.63, 3.8) is 0 Å². The zero-order valence-electron chi connectivity index (χ0n) is 21.0. The lowest BCUT2D eigenvalue weighted by atomic mass is 9.97. The van der Waals surface area contributed by atoms with Gasteiger partial charge in [-0.1, -0.05) is 77.8 Å². The molecule has 1 aromatic heterocycles. The Morgan fingerprint density at radius 3 is 2.18 bits per heavy atom. The molecular weight excluding hydrogens is 414 g/mol. The number of hydrogen-bond donors (Lipinski definition) is 2. The van der Waals surface area contributed by atoms with E-state index in [1.54, 1.807) is 10.6 Å². The molecule has 33 heavy (non-hydrogen) atoms. The molecule has 6 nitrogen and oxygen atoms in total. The molecule has 0 amide bonds. The molecule has 0 bridgehead atoms. The highest BCUT2D eigenvalue weighted by molar-refractivity contribution is 5.88. The Labute approximate surface area is 198 Å². The lowest BCUT2D eigenvalue weighted by Crippen LogP contribution is -2.41. The SMILES string of the molecule is CCCCCC(CCCCC)NC(CCC)CC(C)n1c(=O)c(C(=O)O)nc2ccccc21. The van der Waals surface area contributed by atoms with Crippen molar-refractivity contribution in [2.45, 2.75) is 116 Å². The highest BCUT2D eigenvalue weighted by Gasteiger charge is 2.23. The van der Waals surface area contributed by atoms with Gasteiger partial charge in [0.15, 0.2) is 0 Å². The van der Waals surface area contributed by atoms with Crippen molar-refractivity contribution in [1.82, 2.24) is 14.9 Å². The summed E-state index contributed by atoms with van der Waals surface area (Å²) in [5, 5.41) is 13.5. The van der Waals surface area contributed by atoms with E-state index in [0.29, 0.717) is 17.1 Å². The number of nitrogens with one attached hydrogen (secondary N) is 1. The van der Waals surface area contributed by atoms with Crippen LogP contribution in [0.5, 0.6) is 0 Å². The average molecular weight is 458 g/mol. The van der Waals surface area contributed by atoms with Gasteiger partial charge in [0, 0.05) is 18.1 Å². The first-order chi connectivity index (χ1) is 15.9. The summed E-state index contributed by atoms with van der Waals surface area (Å²) in [7, 11) is 0. The van der Waals surface area contributed by atoms with Crippen LogP contribution in [0.25, 0.3) is 11.0 Å². The molecule has 6 heteroatoms. The summed E-state index contributed by atoms with van der Waals surface area (Å²) >= 11 is 0. The molecule has 0 fully saturated rings. The number of nitrogens with zero attached hydrogens (tertiary/aromatic N) is 2. The number of para-hydroxylation sites is 2. The minimum Gasteiger partial charge on any atom is -0.476 e. The van der Waals surface area contributed by atoms with Crippen LogP contribution in [0.15, 0.2) is 29.1 Å². The van der Waals surface area contributed by atoms with Crippen LogP contribution in [0, 0.1) is 0 Å². The molecule has 2 aromatic rings. The monoisotopic (exact) mass is 457 g/mol. The van der Waals surface area contributed by atoms with Crippen LogP contribution in [-0.4, -0.2) is 32.7 Å². The molecule has 0 aliphatic heterocycles. The first-order valence-electron chi connectivity index (χ1n) is 12.9. The highest BCUT2D eigenvalue weighted by atomic mass is 16.4. The van der Waals surface area contributed by atoms with Gasteiger partial charge in [-0.05, 0) is 44.7 Å². The number of benzene rings is 1. The minimum absolute atomic E-state index is 0.139. The van der Waals surface area contributed by atoms with Crippen molar-refractivity contribution in [3.05, 3.63) is 40.3 Å². The van der Waals surface area contributed by atoms with E-state index in [0.717, 1.165) is 19.3 Å². The molecule has 1 heterocycles. The molecule has 0 saturated heterocycles. The molecule has 2 rings (SSSR count). The summed E-state index contributed by atoms with van der Waals surface area (Å²) in [4.78, 5) is 28.9. The van der Waals surface area contributed by atoms with Gasteiger partial charge in [0.25, 0.3) is 5.56 Å². The van der Waals surface area contributed by atoms with E-state index in [4.69, 9.17) is 0 Å². The fraction of sp³-hybridized carbons (Fsp3) is 0.667.